The Morgan fingerprint density at radius 2 is 1.61 bits per heavy atom. The number of rotatable bonds is 7. The lowest BCUT2D eigenvalue weighted by atomic mass is 9.94. The summed E-state index contributed by atoms with van der Waals surface area (Å²) in [6.45, 7) is 1.67. The number of benzene rings is 1. The van der Waals surface area contributed by atoms with Crippen LogP contribution in [0.25, 0.3) is 0 Å². The van der Waals surface area contributed by atoms with Gasteiger partial charge < -0.3 is 15.5 Å². The third-order valence-electron chi connectivity index (χ3n) is 7.22. The molecule has 0 spiro atoms. The van der Waals surface area contributed by atoms with E-state index in [4.69, 9.17) is 17.6 Å². The molecule has 7 nitrogen and oxygen atoms in total. The summed E-state index contributed by atoms with van der Waals surface area (Å²) >= 11 is 5.42. The van der Waals surface area contributed by atoms with Crippen molar-refractivity contribution in [3.8, 4) is 0 Å². The van der Waals surface area contributed by atoms with E-state index in [0.29, 0.717) is 36.8 Å². The Labute approximate surface area is 203 Å². The minimum atomic E-state index is -3.71. The van der Waals surface area contributed by atoms with Gasteiger partial charge in [-0.15, -0.1) is 0 Å². The van der Waals surface area contributed by atoms with Crippen molar-refractivity contribution in [1.29, 1.82) is 5.41 Å². The van der Waals surface area contributed by atoms with Crippen molar-refractivity contribution < 1.29 is 8.42 Å². The van der Waals surface area contributed by atoms with Crippen LogP contribution in [0, 0.1) is 5.41 Å². The number of nitrogens with zero attached hydrogens (tertiary/aromatic N) is 2. The first-order valence-electron chi connectivity index (χ1n) is 12.5. The molecule has 0 unspecified atom stereocenters. The first-order chi connectivity index (χ1) is 15.9. The number of nitrogens with one attached hydrogen (secondary N) is 3. The van der Waals surface area contributed by atoms with Gasteiger partial charge in [0.25, 0.3) is 10.0 Å². The molecule has 182 valence electrons. The van der Waals surface area contributed by atoms with Gasteiger partial charge in [-0.2, -0.15) is 0 Å². The second kappa shape index (κ2) is 11.0. The number of hydrogen-bond acceptors (Lipinski definition) is 4. The van der Waals surface area contributed by atoms with Crippen molar-refractivity contribution in [2.45, 2.75) is 87.6 Å². The highest BCUT2D eigenvalue weighted by Crippen LogP contribution is 2.28. The Balaban J connectivity index is 1.28. The van der Waals surface area contributed by atoms with Crippen LogP contribution >= 0.6 is 12.2 Å². The van der Waals surface area contributed by atoms with Crippen LogP contribution in [0.4, 0.5) is 0 Å². The van der Waals surface area contributed by atoms with Crippen LogP contribution in [0.5, 0.6) is 0 Å². The molecule has 33 heavy (non-hydrogen) atoms. The average molecular weight is 492 g/mol. The van der Waals surface area contributed by atoms with Gasteiger partial charge in [0.05, 0.1) is 11.4 Å². The monoisotopic (exact) mass is 491 g/mol. The Morgan fingerprint density at radius 3 is 2.27 bits per heavy atom. The first kappa shape index (κ1) is 24.3. The van der Waals surface area contributed by atoms with E-state index in [2.05, 4.69) is 10.6 Å². The zero-order chi connectivity index (χ0) is 23.3. The molecule has 2 aliphatic carbocycles. The predicted molar refractivity (Wildman–Crippen MR) is 136 cm³/mol. The maximum absolute atomic E-state index is 13.2. The first-order valence-corrected chi connectivity index (χ1v) is 14.3. The lowest BCUT2D eigenvalue weighted by molar-refractivity contribution is 0.260. The topological polar surface area (TPSA) is 88.5 Å². The quantitative estimate of drug-likeness (QED) is 0.505. The molecule has 1 heterocycles. The Morgan fingerprint density at radius 1 is 0.970 bits per heavy atom. The van der Waals surface area contributed by atoms with Crippen molar-refractivity contribution in [3.05, 3.63) is 29.8 Å². The molecule has 1 aromatic carbocycles. The van der Waals surface area contributed by atoms with Crippen LogP contribution in [0.1, 0.15) is 69.8 Å². The van der Waals surface area contributed by atoms with Gasteiger partial charge in [0.1, 0.15) is 0 Å². The summed E-state index contributed by atoms with van der Waals surface area (Å²) in [6, 6.07) is 7.86. The fraction of sp³-hybridized carbons (Fsp3) is 0.667. The van der Waals surface area contributed by atoms with Crippen molar-refractivity contribution in [2.24, 2.45) is 0 Å². The smallest absolute Gasteiger partial charge is 0.266 e. The molecule has 9 heteroatoms. The Bertz CT molecular complexity index is 923. The van der Waals surface area contributed by atoms with Gasteiger partial charge in [-0.05, 0) is 62.0 Å². The molecule has 3 fully saturated rings. The van der Waals surface area contributed by atoms with Gasteiger partial charge in [-0.1, -0.05) is 50.7 Å². The number of hydrogen-bond donors (Lipinski definition) is 3. The molecule has 1 aliphatic heterocycles. The molecule has 0 bridgehead atoms. The van der Waals surface area contributed by atoms with E-state index < -0.39 is 10.0 Å². The second-order valence-corrected chi connectivity index (χ2v) is 11.8. The molecule has 1 aromatic rings. The molecule has 0 atom stereocenters. The zero-order valence-electron chi connectivity index (χ0n) is 19.4. The normalized spacial score (nSPS) is 20.8. The standard InChI is InChI=1S/C24H37N5O2S2/c25-23-28(21-9-5-2-6-10-21)17-18-29(23)33(30,31)22-13-11-19(12-14-22)15-16-26-24(32)27-20-7-3-1-4-8-20/h11-14,20-21,25H,1-10,15-18H2,(H2,26,27,32). The molecular formula is C24H37N5O2S2. The molecule has 2 saturated carbocycles. The van der Waals surface area contributed by atoms with Gasteiger partial charge >= 0.3 is 0 Å². The van der Waals surface area contributed by atoms with Crippen molar-refractivity contribution in [2.75, 3.05) is 19.6 Å². The lowest BCUT2D eigenvalue weighted by Crippen LogP contribution is -2.43. The van der Waals surface area contributed by atoms with Gasteiger partial charge in [0.15, 0.2) is 5.11 Å². The molecule has 4 rings (SSSR count). The molecule has 1 saturated heterocycles. The number of sulfonamides is 1. The predicted octanol–water partition coefficient (Wildman–Crippen LogP) is 3.60. The van der Waals surface area contributed by atoms with Gasteiger partial charge in [-0.25, -0.2) is 12.7 Å². The minimum Gasteiger partial charge on any atom is -0.362 e. The zero-order valence-corrected chi connectivity index (χ0v) is 21.0. The van der Waals surface area contributed by atoms with E-state index in [1.165, 1.54) is 55.7 Å². The van der Waals surface area contributed by atoms with Crippen LogP contribution < -0.4 is 10.6 Å². The second-order valence-electron chi connectivity index (χ2n) is 9.52. The van der Waals surface area contributed by atoms with Crippen molar-refractivity contribution >= 4 is 33.3 Å². The van der Waals surface area contributed by atoms with Crippen LogP contribution in [-0.4, -0.2) is 60.4 Å². The fourth-order valence-electron chi connectivity index (χ4n) is 5.29. The highest BCUT2D eigenvalue weighted by molar-refractivity contribution is 7.89. The van der Waals surface area contributed by atoms with Crippen LogP contribution in [0.2, 0.25) is 0 Å². The third kappa shape index (κ3) is 5.98. The summed E-state index contributed by atoms with van der Waals surface area (Å²) in [4.78, 5) is 2.24. The highest BCUT2D eigenvalue weighted by Gasteiger charge is 2.38. The van der Waals surface area contributed by atoms with Crippen molar-refractivity contribution in [3.63, 3.8) is 0 Å². The van der Waals surface area contributed by atoms with E-state index in [9.17, 15) is 8.42 Å². The lowest BCUT2D eigenvalue weighted by Gasteiger charge is -2.32. The van der Waals surface area contributed by atoms with Crippen LogP contribution in [0.15, 0.2) is 29.2 Å². The number of guanidine groups is 1. The Kier molecular flexibility index (Phi) is 8.11. The van der Waals surface area contributed by atoms with Gasteiger partial charge in [0.2, 0.25) is 5.96 Å². The molecule has 0 radical (unpaired) electrons. The summed E-state index contributed by atoms with van der Waals surface area (Å²) in [6.07, 6.45) is 12.7. The van der Waals surface area contributed by atoms with E-state index in [1.54, 1.807) is 12.1 Å². The van der Waals surface area contributed by atoms with Gasteiger partial charge in [0, 0.05) is 25.2 Å². The van der Waals surface area contributed by atoms with E-state index in [-0.39, 0.29) is 10.9 Å². The summed E-state index contributed by atoms with van der Waals surface area (Å²) in [5.41, 5.74) is 1.06. The van der Waals surface area contributed by atoms with Crippen LogP contribution in [0.3, 0.4) is 0 Å². The van der Waals surface area contributed by atoms with E-state index >= 15 is 0 Å². The largest absolute Gasteiger partial charge is 0.362 e. The Hall–Kier alpha value is -1.87. The van der Waals surface area contributed by atoms with Crippen LogP contribution in [-0.2, 0) is 16.4 Å². The van der Waals surface area contributed by atoms with Crippen molar-refractivity contribution in [1.82, 2.24) is 19.8 Å². The number of thiocarbonyl (C=S) groups is 1. The van der Waals surface area contributed by atoms with E-state index in [1.807, 2.05) is 17.0 Å². The molecule has 3 N–H and O–H groups in total. The fourth-order valence-corrected chi connectivity index (χ4v) is 6.95. The third-order valence-corrected chi connectivity index (χ3v) is 9.28. The highest BCUT2D eigenvalue weighted by atomic mass is 32.2. The summed E-state index contributed by atoms with van der Waals surface area (Å²) in [5, 5.41) is 15.9. The average Bonchev–Trinajstić information content (AvgIpc) is 3.23. The summed E-state index contributed by atoms with van der Waals surface area (Å²) in [7, 11) is -3.71. The molecular weight excluding hydrogens is 454 g/mol. The minimum absolute atomic E-state index is 0.133. The molecule has 0 amide bonds. The van der Waals surface area contributed by atoms with E-state index in [0.717, 1.165) is 24.8 Å². The summed E-state index contributed by atoms with van der Waals surface area (Å²) in [5.74, 6) is 0.133. The maximum Gasteiger partial charge on any atom is 0.266 e. The molecule has 0 aromatic heterocycles. The summed E-state index contributed by atoms with van der Waals surface area (Å²) < 4.78 is 27.7. The molecule has 3 aliphatic rings. The SMILES string of the molecule is N=C1N(C2CCCCC2)CCN1S(=O)(=O)c1ccc(CCNC(=S)NC2CCCCC2)cc1. The van der Waals surface area contributed by atoms with Gasteiger partial charge in [-0.3, -0.25) is 5.41 Å². The maximum atomic E-state index is 13.2.